The number of rotatable bonds is 4. The molecular formula is C12H20N2O3. The van der Waals surface area contributed by atoms with Gasteiger partial charge in [0, 0.05) is 38.7 Å². The van der Waals surface area contributed by atoms with Gasteiger partial charge in [-0.2, -0.15) is 0 Å². The Morgan fingerprint density at radius 3 is 2.24 bits per heavy atom. The first-order chi connectivity index (χ1) is 8.22. The van der Waals surface area contributed by atoms with Crippen LogP contribution in [0.3, 0.4) is 0 Å². The Kier molecular flexibility index (Phi) is 3.99. The second-order valence-electron chi connectivity index (χ2n) is 4.62. The van der Waals surface area contributed by atoms with Gasteiger partial charge in [0.25, 0.3) is 0 Å². The van der Waals surface area contributed by atoms with Crippen molar-refractivity contribution in [2.45, 2.75) is 19.8 Å². The summed E-state index contributed by atoms with van der Waals surface area (Å²) in [7, 11) is 0. The van der Waals surface area contributed by atoms with E-state index >= 15 is 0 Å². The van der Waals surface area contributed by atoms with Crippen molar-refractivity contribution < 1.29 is 14.3 Å². The molecule has 96 valence electrons. The number of nitrogens with zero attached hydrogens (tertiary/aromatic N) is 2. The standard InChI is InChI=1S/C12H20N2O3/c1-2-17-9-11(15)13-5-7-14(8-6-13)12(16)10-3-4-10/h10H,2-9H2,1H3. The van der Waals surface area contributed by atoms with Gasteiger partial charge in [-0.15, -0.1) is 0 Å². The number of hydrogen-bond acceptors (Lipinski definition) is 3. The zero-order valence-electron chi connectivity index (χ0n) is 10.4. The largest absolute Gasteiger partial charge is 0.372 e. The number of carbonyl (C=O) groups excluding carboxylic acids is 2. The maximum absolute atomic E-state index is 11.8. The van der Waals surface area contributed by atoms with Crippen molar-refractivity contribution in [1.29, 1.82) is 0 Å². The van der Waals surface area contributed by atoms with Gasteiger partial charge in [-0.3, -0.25) is 9.59 Å². The number of piperazine rings is 1. The average Bonchev–Trinajstić information content (AvgIpc) is 3.19. The van der Waals surface area contributed by atoms with Gasteiger partial charge in [0.1, 0.15) is 6.61 Å². The second kappa shape index (κ2) is 5.49. The van der Waals surface area contributed by atoms with Crippen LogP contribution in [0.5, 0.6) is 0 Å². The highest BCUT2D eigenvalue weighted by atomic mass is 16.5. The molecule has 5 nitrogen and oxygen atoms in total. The van der Waals surface area contributed by atoms with E-state index in [4.69, 9.17) is 4.74 Å². The Bertz CT molecular complexity index is 294. The average molecular weight is 240 g/mol. The van der Waals surface area contributed by atoms with Crippen LogP contribution in [-0.4, -0.2) is 61.0 Å². The minimum atomic E-state index is 0.0328. The lowest BCUT2D eigenvalue weighted by molar-refractivity contribution is -0.142. The van der Waals surface area contributed by atoms with Crippen molar-refractivity contribution in [2.24, 2.45) is 5.92 Å². The highest BCUT2D eigenvalue weighted by molar-refractivity contribution is 5.82. The monoisotopic (exact) mass is 240 g/mol. The first-order valence-corrected chi connectivity index (χ1v) is 6.36. The smallest absolute Gasteiger partial charge is 0.248 e. The molecule has 0 radical (unpaired) electrons. The van der Waals surface area contributed by atoms with Crippen molar-refractivity contribution in [3.8, 4) is 0 Å². The van der Waals surface area contributed by atoms with E-state index in [1.165, 1.54) is 0 Å². The molecule has 1 heterocycles. The number of hydrogen-bond donors (Lipinski definition) is 0. The van der Waals surface area contributed by atoms with Crippen LogP contribution in [-0.2, 0) is 14.3 Å². The normalized spacial score (nSPS) is 20.5. The van der Waals surface area contributed by atoms with Crippen molar-refractivity contribution in [3.63, 3.8) is 0 Å². The third-order valence-corrected chi connectivity index (χ3v) is 3.30. The Morgan fingerprint density at radius 1 is 1.12 bits per heavy atom. The van der Waals surface area contributed by atoms with Gasteiger partial charge in [-0.1, -0.05) is 0 Å². The summed E-state index contributed by atoms with van der Waals surface area (Å²) in [5, 5.41) is 0. The number of carbonyl (C=O) groups is 2. The van der Waals surface area contributed by atoms with Crippen LogP contribution < -0.4 is 0 Å². The SMILES string of the molecule is CCOCC(=O)N1CCN(C(=O)C2CC2)CC1. The molecule has 0 atom stereocenters. The fourth-order valence-corrected chi connectivity index (χ4v) is 2.05. The lowest BCUT2D eigenvalue weighted by Crippen LogP contribution is -2.51. The van der Waals surface area contributed by atoms with Crippen LogP contribution in [0.2, 0.25) is 0 Å². The Balaban J connectivity index is 1.73. The van der Waals surface area contributed by atoms with Gasteiger partial charge in [0.15, 0.2) is 0 Å². The second-order valence-corrected chi connectivity index (χ2v) is 4.62. The van der Waals surface area contributed by atoms with Crippen LogP contribution in [0.1, 0.15) is 19.8 Å². The maximum Gasteiger partial charge on any atom is 0.248 e. The van der Waals surface area contributed by atoms with E-state index in [-0.39, 0.29) is 24.3 Å². The molecule has 0 aromatic rings. The van der Waals surface area contributed by atoms with E-state index in [0.29, 0.717) is 32.8 Å². The molecule has 17 heavy (non-hydrogen) atoms. The zero-order chi connectivity index (χ0) is 12.3. The molecule has 5 heteroatoms. The summed E-state index contributed by atoms with van der Waals surface area (Å²) in [6, 6.07) is 0. The van der Waals surface area contributed by atoms with E-state index in [0.717, 1.165) is 12.8 Å². The third kappa shape index (κ3) is 3.19. The fraction of sp³-hybridized carbons (Fsp3) is 0.833. The van der Waals surface area contributed by atoms with Crippen molar-refractivity contribution in [1.82, 2.24) is 9.80 Å². The van der Waals surface area contributed by atoms with Gasteiger partial charge in [0.05, 0.1) is 0 Å². The lowest BCUT2D eigenvalue weighted by atomic mass is 10.2. The van der Waals surface area contributed by atoms with Gasteiger partial charge >= 0.3 is 0 Å². The van der Waals surface area contributed by atoms with Crippen LogP contribution in [0.15, 0.2) is 0 Å². The maximum atomic E-state index is 11.8. The molecule has 2 fully saturated rings. The molecule has 0 N–H and O–H groups in total. The molecule has 0 bridgehead atoms. The molecule has 0 spiro atoms. The minimum Gasteiger partial charge on any atom is -0.372 e. The summed E-state index contributed by atoms with van der Waals surface area (Å²) < 4.78 is 5.10. The Labute approximate surface area is 102 Å². The van der Waals surface area contributed by atoms with Gasteiger partial charge in [-0.05, 0) is 19.8 Å². The summed E-state index contributed by atoms with van der Waals surface area (Å²) in [4.78, 5) is 27.2. The summed E-state index contributed by atoms with van der Waals surface area (Å²) in [6.07, 6.45) is 2.09. The number of amides is 2. The molecule has 2 aliphatic rings. The first-order valence-electron chi connectivity index (χ1n) is 6.36. The van der Waals surface area contributed by atoms with Crippen molar-refractivity contribution >= 4 is 11.8 Å². The Morgan fingerprint density at radius 2 is 1.71 bits per heavy atom. The summed E-state index contributed by atoms with van der Waals surface area (Å²) >= 11 is 0. The lowest BCUT2D eigenvalue weighted by Gasteiger charge is -2.34. The van der Waals surface area contributed by atoms with E-state index in [1.54, 1.807) is 4.90 Å². The topological polar surface area (TPSA) is 49.9 Å². The molecule has 0 aromatic carbocycles. The summed E-state index contributed by atoms with van der Waals surface area (Å²) in [5.74, 6) is 0.591. The molecule has 1 aliphatic carbocycles. The van der Waals surface area contributed by atoms with E-state index in [1.807, 2.05) is 11.8 Å². The summed E-state index contributed by atoms with van der Waals surface area (Å²) in [5.41, 5.74) is 0. The molecule has 0 unspecified atom stereocenters. The van der Waals surface area contributed by atoms with Crippen molar-refractivity contribution in [2.75, 3.05) is 39.4 Å². The third-order valence-electron chi connectivity index (χ3n) is 3.30. The fourth-order valence-electron chi connectivity index (χ4n) is 2.05. The van der Waals surface area contributed by atoms with Crippen LogP contribution in [0.4, 0.5) is 0 Å². The minimum absolute atomic E-state index is 0.0328. The van der Waals surface area contributed by atoms with Gasteiger partial charge in [-0.25, -0.2) is 0 Å². The van der Waals surface area contributed by atoms with Gasteiger partial charge in [0.2, 0.25) is 11.8 Å². The molecule has 1 saturated carbocycles. The zero-order valence-corrected chi connectivity index (χ0v) is 10.4. The van der Waals surface area contributed by atoms with Gasteiger partial charge < -0.3 is 14.5 Å². The van der Waals surface area contributed by atoms with Crippen LogP contribution in [0, 0.1) is 5.92 Å². The molecule has 2 rings (SSSR count). The molecule has 1 aliphatic heterocycles. The first kappa shape index (κ1) is 12.4. The van der Waals surface area contributed by atoms with E-state index in [9.17, 15) is 9.59 Å². The van der Waals surface area contributed by atoms with E-state index in [2.05, 4.69) is 0 Å². The highest BCUT2D eigenvalue weighted by Gasteiger charge is 2.35. The molecule has 2 amide bonds. The quantitative estimate of drug-likeness (QED) is 0.700. The molecule has 0 aromatic heterocycles. The summed E-state index contributed by atoms with van der Waals surface area (Å²) in [6.45, 7) is 5.23. The van der Waals surface area contributed by atoms with Crippen molar-refractivity contribution in [3.05, 3.63) is 0 Å². The Hall–Kier alpha value is -1.10. The molecular weight excluding hydrogens is 220 g/mol. The predicted octanol–water partition coefficient (Wildman–Crippen LogP) is 0.104. The number of ether oxygens (including phenoxy) is 1. The molecule has 1 saturated heterocycles. The van der Waals surface area contributed by atoms with Crippen LogP contribution in [0.25, 0.3) is 0 Å². The van der Waals surface area contributed by atoms with Crippen LogP contribution >= 0.6 is 0 Å². The predicted molar refractivity (Wildman–Crippen MR) is 62.4 cm³/mol. The van der Waals surface area contributed by atoms with E-state index < -0.39 is 0 Å². The highest BCUT2D eigenvalue weighted by Crippen LogP contribution is 2.31.